The van der Waals surface area contributed by atoms with E-state index in [4.69, 9.17) is 0 Å². The van der Waals surface area contributed by atoms with Crippen LogP contribution in [0.3, 0.4) is 0 Å². The molecule has 0 N–H and O–H groups in total. The predicted octanol–water partition coefficient (Wildman–Crippen LogP) is 3.14. The summed E-state index contributed by atoms with van der Waals surface area (Å²) in [7, 11) is 0. The molecule has 0 spiro atoms. The summed E-state index contributed by atoms with van der Waals surface area (Å²) in [5.74, 6) is 0.877. The van der Waals surface area contributed by atoms with Crippen molar-refractivity contribution in [3.63, 3.8) is 0 Å². The second-order valence-corrected chi connectivity index (χ2v) is 5.63. The van der Waals surface area contributed by atoms with Gasteiger partial charge in [-0.15, -0.1) is 0 Å². The summed E-state index contributed by atoms with van der Waals surface area (Å²) in [5, 5.41) is 1.04. The summed E-state index contributed by atoms with van der Waals surface area (Å²) in [6.45, 7) is 6.50. The minimum atomic E-state index is 0.806. The Kier molecular flexibility index (Phi) is 4.15. The van der Waals surface area contributed by atoms with Crippen LogP contribution in [0.15, 0.2) is 0 Å². The van der Waals surface area contributed by atoms with E-state index in [1.54, 1.807) is 11.3 Å². The number of nitrogens with zero attached hydrogens (tertiary/aromatic N) is 2. The maximum absolute atomic E-state index is 10.9. The molecule has 1 saturated heterocycles. The number of thiazole rings is 1. The first-order chi connectivity index (χ1) is 8.28. The highest BCUT2D eigenvalue weighted by atomic mass is 32.1. The largest absolute Gasteiger partial charge is 0.348 e. The summed E-state index contributed by atoms with van der Waals surface area (Å²) < 4.78 is 0. The first kappa shape index (κ1) is 12.6. The van der Waals surface area contributed by atoms with Crippen LogP contribution in [0.1, 0.15) is 48.5 Å². The summed E-state index contributed by atoms with van der Waals surface area (Å²) in [6.07, 6.45) is 5.59. The molecule has 1 aromatic rings. The number of anilines is 1. The van der Waals surface area contributed by atoms with Crippen molar-refractivity contribution in [2.75, 3.05) is 18.0 Å². The van der Waals surface area contributed by atoms with Crippen molar-refractivity contribution in [3.8, 4) is 0 Å². The average molecular weight is 252 g/mol. The maximum atomic E-state index is 10.9. The van der Waals surface area contributed by atoms with E-state index in [2.05, 4.69) is 23.7 Å². The van der Waals surface area contributed by atoms with Crippen LogP contribution in [-0.2, 0) is 6.42 Å². The van der Waals surface area contributed by atoms with E-state index in [1.807, 2.05) is 0 Å². The average Bonchev–Trinajstić information content (AvgIpc) is 2.82. The molecule has 0 unspecified atom stereocenters. The molecule has 0 aromatic carbocycles. The fourth-order valence-corrected chi connectivity index (χ4v) is 3.38. The van der Waals surface area contributed by atoms with E-state index in [1.165, 1.54) is 19.3 Å². The molecular weight excluding hydrogens is 232 g/mol. The molecule has 1 aliphatic heterocycles. The van der Waals surface area contributed by atoms with E-state index < -0.39 is 0 Å². The molecule has 0 saturated carbocycles. The number of aromatic nitrogens is 1. The third kappa shape index (κ3) is 2.68. The van der Waals surface area contributed by atoms with Gasteiger partial charge in [0, 0.05) is 13.1 Å². The van der Waals surface area contributed by atoms with Gasteiger partial charge in [-0.1, -0.05) is 31.6 Å². The lowest BCUT2D eigenvalue weighted by Gasteiger charge is -2.31. The molecule has 4 heteroatoms. The van der Waals surface area contributed by atoms with Gasteiger partial charge < -0.3 is 4.90 Å². The summed E-state index contributed by atoms with van der Waals surface area (Å²) in [4.78, 5) is 18.7. The summed E-state index contributed by atoms with van der Waals surface area (Å²) >= 11 is 1.55. The van der Waals surface area contributed by atoms with Gasteiger partial charge in [0.1, 0.15) is 0 Å². The van der Waals surface area contributed by atoms with Crippen LogP contribution in [0, 0.1) is 5.92 Å². The Balaban J connectivity index is 2.08. The fraction of sp³-hybridized carbons (Fsp3) is 0.692. The molecule has 0 aliphatic carbocycles. The molecule has 0 radical (unpaired) electrons. The molecule has 94 valence electrons. The zero-order valence-electron chi connectivity index (χ0n) is 10.6. The minimum absolute atomic E-state index is 0.806. The zero-order valence-corrected chi connectivity index (χ0v) is 11.4. The molecular formula is C13H20N2OS. The highest BCUT2D eigenvalue weighted by molar-refractivity contribution is 7.17. The second kappa shape index (κ2) is 5.63. The highest BCUT2D eigenvalue weighted by Crippen LogP contribution is 2.30. The monoisotopic (exact) mass is 252 g/mol. The van der Waals surface area contributed by atoms with Crippen molar-refractivity contribution in [1.29, 1.82) is 0 Å². The maximum Gasteiger partial charge on any atom is 0.186 e. The molecule has 1 fully saturated rings. The lowest BCUT2D eigenvalue weighted by Crippen LogP contribution is -2.33. The van der Waals surface area contributed by atoms with E-state index in [0.717, 1.165) is 47.4 Å². The lowest BCUT2D eigenvalue weighted by atomic mass is 9.95. The van der Waals surface area contributed by atoms with Crippen LogP contribution in [-0.4, -0.2) is 24.4 Å². The van der Waals surface area contributed by atoms with Gasteiger partial charge in [-0.25, -0.2) is 4.98 Å². The normalized spacial score (nSPS) is 17.4. The molecule has 3 nitrogen and oxygen atoms in total. The predicted molar refractivity (Wildman–Crippen MR) is 72.1 cm³/mol. The van der Waals surface area contributed by atoms with Gasteiger partial charge in [0.25, 0.3) is 0 Å². The van der Waals surface area contributed by atoms with Gasteiger partial charge >= 0.3 is 0 Å². The van der Waals surface area contributed by atoms with Crippen molar-refractivity contribution in [2.45, 2.75) is 39.5 Å². The number of carbonyl (C=O) groups excluding carboxylic acids is 1. The number of aldehydes is 1. The van der Waals surface area contributed by atoms with E-state index in [-0.39, 0.29) is 0 Å². The van der Waals surface area contributed by atoms with Crippen LogP contribution >= 0.6 is 11.3 Å². The topological polar surface area (TPSA) is 33.2 Å². The van der Waals surface area contributed by atoms with Gasteiger partial charge in [0.2, 0.25) is 0 Å². The third-order valence-corrected chi connectivity index (χ3v) is 4.70. The molecule has 2 rings (SSSR count). The van der Waals surface area contributed by atoms with Crippen LogP contribution in [0.25, 0.3) is 0 Å². The number of hydrogen-bond acceptors (Lipinski definition) is 4. The van der Waals surface area contributed by atoms with Gasteiger partial charge in [-0.3, -0.25) is 4.79 Å². The Morgan fingerprint density at radius 2 is 2.12 bits per heavy atom. The van der Waals surface area contributed by atoms with E-state index >= 15 is 0 Å². The quantitative estimate of drug-likeness (QED) is 0.772. The smallest absolute Gasteiger partial charge is 0.186 e. The van der Waals surface area contributed by atoms with Crippen molar-refractivity contribution in [1.82, 2.24) is 4.98 Å². The number of piperidine rings is 1. The Bertz CT molecular complexity index is 381. The van der Waals surface area contributed by atoms with Gasteiger partial charge in [0.15, 0.2) is 11.4 Å². The summed E-state index contributed by atoms with van der Waals surface area (Å²) in [5.41, 5.74) is 0.956. The van der Waals surface area contributed by atoms with Crippen LogP contribution in [0.2, 0.25) is 0 Å². The molecule has 1 aliphatic rings. The Labute approximate surface area is 107 Å². The summed E-state index contributed by atoms with van der Waals surface area (Å²) in [6, 6.07) is 0. The Morgan fingerprint density at radius 3 is 2.59 bits per heavy atom. The lowest BCUT2D eigenvalue weighted by molar-refractivity contribution is 0.112. The molecule has 1 aromatic heterocycles. The standard InChI is InChI=1S/C13H20N2OS/c1-3-10-5-7-15(8-6-10)13-14-11(4-2)12(9-16)17-13/h9-10H,3-8H2,1-2H3. The highest BCUT2D eigenvalue weighted by Gasteiger charge is 2.21. The second-order valence-electron chi connectivity index (χ2n) is 4.62. The van der Waals surface area contributed by atoms with Crippen molar-refractivity contribution in [3.05, 3.63) is 10.6 Å². The van der Waals surface area contributed by atoms with Crippen molar-refractivity contribution < 1.29 is 4.79 Å². The third-order valence-electron chi connectivity index (χ3n) is 3.62. The van der Waals surface area contributed by atoms with Crippen LogP contribution in [0.5, 0.6) is 0 Å². The molecule has 17 heavy (non-hydrogen) atoms. The van der Waals surface area contributed by atoms with E-state index in [9.17, 15) is 4.79 Å². The minimum Gasteiger partial charge on any atom is -0.348 e. The number of rotatable bonds is 4. The van der Waals surface area contributed by atoms with Crippen molar-refractivity contribution in [2.24, 2.45) is 5.92 Å². The Hall–Kier alpha value is -0.900. The number of carbonyl (C=O) groups is 1. The van der Waals surface area contributed by atoms with Crippen LogP contribution in [0.4, 0.5) is 5.13 Å². The van der Waals surface area contributed by atoms with Gasteiger partial charge in [-0.2, -0.15) is 0 Å². The fourth-order valence-electron chi connectivity index (χ4n) is 2.36. The zero-order chi connectivity index (χ0) is 12.3. The molecule has 0 bridgehead atoms. The number of hydrogen-bond donors (Lipinski definition) is 0. The first-order valence-electron chi connectivity index (χ1n) is 6.48. The van der Waals surface area contributed by atoms with Gasteiger partial charge in [0.05, 0.1) is 10.6 Å². The first-order valence-corrected chi connectivity index (χ1v) is 7.29. The Morgan fingerprint density at radius 1 is 1.41 bits per heavy atom. The number of aryl methyl sites for hydroxylation is 1. The van der Waals surface area contributed by atoms with E-state index in [0.29, 0.717) is 0 Å². The van der Waals surface area contributed by atoms with Crippen molar-refractivity contribution >= 4 is 22.8 Å². The van der Waals surface area contributed by atoms with Crippen LogP contribution < -0.4 is 4.90 Å². The molecule has 0 atom stereocenters. The molecule has 0 amide bonds. The van der Waals surface area contributed by atoms with Gasteiger partial charge in [-0.05, 0) is 25.2 Å². The molecule has 2 heterocycles. The SMILES string of the molecule is CCc1nc(N2CCC(CC)CC2)sc1C=O.